The average Bonchev–Trinajstić information content (AvgIpc) is 4.25. The zero-order chi connectivity index (χ0) is 52.4. The number of benzene rings is 14. The molecule has 0 radical (unpaired) electrons. The van der Waals surface area contributed by atoms with Gasteiger partial charge in [-0.3, -0.25) is 0 Å². The lowest BCUT2D eigenvalue weighted by atomic mass is 9.82. The topological polar surface area (TPSA) is 3.24 Å². The van der Waals surface area contributed by atoms with Crippen molar-refractivity contribution < 1.29 is 0 Å². The van der Waals surface area contributed by atoms with E-state index in [2.05, 4.69) is 290 Å². The number of hydrogen-bond donors (Lipinski definition) is 0. The number of rotatable bonds is 6. The van der Waals surface area contributed by atoms with Gasteiger partial charge in [0.25, 0.3) is 0 Å². The minimum Gasteiger partial charge on any atom is -0.309 e. The summed E-state index contributed by atoms with van der Waals surface area (Å²) in [6.07, 6.45) is 0.876. The summed E-state index contributed by atoms with van der Waals surface area (Å²) in [7, 11) is 0. The lowest BCUT2D eigenvalue weighted by molar-refractivity contribution is 1.09. The molecule has 1 heterocycles. The van der Waals surface area contributed by atoms with Gasteiger partial charge < -0.3 is 4.90 Å². The quantitative estimate of drug-likeness (QED) is 0.150. The van der Waals surface area contributed by atoms with Crippen molar-refractivity contribution in [2.45, 2.75) is 6.42 Å². The van der Waals surface area contributed by atoms with E-state index in [9.17, 15) is 0 Å². The lowest BCUT2D eigenvalue weighted by Crippen LogP contribution is -2.19. The molecule has 0 amide bonds. The predicted molar refractivity (Wildman–Crippen MR) is 340 cm³/mol. The molecule has 14 aromatic carbocycles. The fraction of sp³-hybridized carbons (Fsp3) is 0.0127. The van der Waals surface area contributed by atoms with Crippen LogP contribution in [0.25, 0.3) is 104 Å². The van der Waals surface area contributed by atoms with E-state index >= 15 is 0 Å². The highest BCUT2D eigenvalue weighted by molar-refractivity contribution is 6.42. The van der Waals surface area contributed by atoms with E-state index < -0.39 is 0 Å². The summed E-state index contributed by atoms with van der Waals surface area (Å²) in [5.74, 6) is 0. The number of nitrogens with zero attached hydrogens (tertiary/aromatic N) is 1. The van der Waals surface area contributed by atoms with E-state index in [0.29, 0.717) is 0 Å². The van der Waals surface area contributed by atoms with Crippen LogP contribution in [0, 0.1) is 0 Å². The lowest BCUT2D eigenvalue weighted by Gasteiger charge is -2.35. The van der Waals surface area contributed by atoms with Crippen LogP contribution in [0.15, 0.2) is 291 Å². The van der Waals surface area contributed by atoms with Gasteiger partial charge in [-0.2, -0.15) is 0 Å². The van der Waals surface area contributed by atoms with Gasteiger partial charge in [0.05, 0.1) is 5.69 Å². The third-order valence-corrected chi connectivity index (χ3v) is 17.6. The van der Waals surface area contributed by atoms with E-state index in [0.717, 1.165) is 12.1 Å². The molecule has 0 saturated carbocycles. The Labute approximate surface area is 464 Å². The van der Waals surface area contributed by atoms with Crippen molar-refractivity contribution in [2.75, 3.05) is 4.90 Å². The molecule has 0 bridgehead atoms. The summed E-state index contributed by atoms with van der Waals surface area (Å²) in [4.78, 5) is 2.57. The smallest absolute Gasteiger partial charge is 0.0546 e. The molecular formula is C79H49N. The molecule has 0 unspecified atom stereocenters. The number of fused-ring (bicyclic) bond motifs is 14. The van der Waals surface area contributed by atoms with Gasteiger partial charge in [0.1, 0.15) is 0 Å². The number of allylic oxidation sites excluding steroid dienone is 5. The Morgan fingerprint density at radius 2 is 0.588 bits per heavy atom. The van der Waals surface area contributed by atoms with Crippen molar-refractivity contribution in [1.29, 1.82) is 0 Å². The summed E-state index contributed by atoms with van der Waals surface area (Å²) >= 11 is 0. The predicted octanol–water partition coefficient (Wildman–Crippen LogP) is 21.0. The van der Waals surface area contributed by atoms with E-state index in [1.54, 1.807) is 0 Å². The van der Waals surface area contributed by atoms with Crippen LogP contribution >= 0.6 is 0 Å². The Morgan fingerprint density at radius 3 is 1.10 bits per heavy atom. The standard InChI is InChI=1S/C79H49N/c1-3-20-49(21-4-1)68-47-69-70(48-73(68)80-71-38-15-10-27-54(71)46-55-28-11-16-39-72(55)80)78-74(53-25-5-2-6-26-53)76(66-36-18-33-60-57-30-13-8-23-51(57)41-44-63(60)66)77(67-37-19-34-61-58-31-14-9-24-52(58)42-45-64(61)67)79(78)75(69)65-35-17-32-59-56-29-12-7-22-50(56)40-43-62(59)65/h1-45,47-48H,46H2. The van der Waals surface area contributed by atoms with E-state index in [4.69, 9.17) is 0 Å². The molecule has 370 valence electrons. The number of hydrogen-bond acceptors (Lipinski definition) is 1. The molecule has 0 aromatic heterocycles. The van der Waals surface area contributed by atoms with Gasteiger partial charge in [0.15, 0.2) is 0 Å². The second-order valence-electron chi connectivity index (χ2n) is 21.7. The molecule has 14 aromatic rings. The van der Waals surface area contributed by atoms with Crippen molar-refractivity contribution in [3.8, 4) is 11.1 Å². The fourth-order valence-electron chi connectivity index (χ4n) is 14.2. The van der Waals surface area contributed by atoms with Gasteiger partial charge in [0.2, 0.25) is 0 Å². The highest BCUT2D eigenvalue weighted by Crippen LogP contribution is 2.65. The van der Waals surface area contributed by atoms with E-state index in [1.807, 2.05) is 0 Å². The minimum atomic E-state index is 0.876. The van der Waals surface area contributed by atoms with Crippen LogP contribution in [-0.2, 0) is 6.42 Å². The molecule has 80 heavy (non-hydrogen) atoms. The molecule has 2 aliphatic carbocycles. The second-order valence-corrected chi connectivity index (χ2v) is 21.7. The van der Waals surface area contributed by atoms with Crippen LogP contribution in [0.4, 0.5) is 17.1 Å². The summed E-state index contributed by atoms with van der Waals surface area (Å²) < 4.78 is 0. The Bertz CT molecular complexity index is 5030. The summed E-state index contributed by atoms with van der Waals surface area (Å²) in [5.41, 5.74) is 23.4. The normalized spacial score (nSPS) is 13.8. The van der Waals surface area contributed by atoms with Crippen molar-refractivity contribution in [1.82, 2.24) is 0 Å². The van der Waals surface area contributed by atoms with Gasteiger partial charge in [-0.1, -0.05) is 261 Å². The first kappa shape index (κ1) is 44.8. The molecule has 1 heteroatoms. The fourth-order valence-corrected chi connectivity index (χ4v) is 14.2. The van der Waals surface area contributed by atoms with Crippen LogP contribution in [0.1, 0.15) is 44.5 Å². The Kier molecular flexibility index (Phi) is 9.84. The van der Waals surface area contributed by atoms with Crippen LogP contribution in [0.3, 0.4) is 0 Å². The third-order valence-electron chi connectivity index (χ3n) is 17.6. The molecular weight excluding hydrogens is 963 g/mol. The molecule has 17 rings (SSSR count). The molecule has 1 nitrogen and oxygen atoms in total. The maximum atomic E-state index is 2.58. The molecule has 0 fully saturated rings. The highest BCUT2D eigenvalue weighted by Gasteiger charge is 2.43. The number of anilines is 3. The zero-order valence-electron chi connectivity index (χ0n) is 43.8. The monoisotopic (exact) mass is 1010 g/mol. The van der Waals surface area contributed by atoms with Gasteiger partial charge >= 0.3 is 0 Å². The van der Waals surface area contributed by atoms with Gasteiger partial charge in [-0.05, 0) is 172 Å². The first-order valence-corrected chi connectivity index (χ1v) is 28.0. The Hall–Kier alpha value is -10.3. The molecule has 0 spiro atoms. The first-order chi connectivity index (χ1) is 39.7. The molecule has 0 N–H and O–H groups in total. The SMILES string of the molecule is c1ccc(C2=C3C(=C(c4cccc5c4ccc4ccccc45)c4cc(-c5ccccc5)c(N5c6ccccc6Cc6ccccc65)cc43)C(c3cccc4c3ccc3ccccc34)=C2c2cccc3c2ccc2ccccc23)cc1. The van der Waals surface area contributed by atoms with Crippen molar-refractivity contribution in [2.24, 2.45) is 0 Å². The van der Waals surface area contributed by atoms with E-state index in [-0.39, 0.29) is 0 Å². The first-order valence-electron chi connectivity index (χ1n) is 28.0. The van der Waals surface area contributed by atoms with Crippen molar-refractivity contribution >= 4 is 110 Å². The number of para-hydroxylation sites is 2. The Morgan fingerprint density at radius 1 is 0.200 bits per heavy atom. The average molecular weight is 1010 g/mol. The van der Waals surface area contributed by atoms with Crippen LogP contribution in [0.2, 0.25) is 0 Å². The maximum Gasteiger partial charge on any atom is 0.0546 e. The molecule has 0 saturated heterocycles. The van der Waals surface area contributed by atoms with Crippen molar-refractivity contribution in [3.05, 3.63) is 335 Å². The second kappa shape index (κ2) is 17.6. The zero-order valence-corrected chi connectivity index (χ0v) is 43.8. The summed E-state index contributed by atoms with van der Waals surface area (Å²) in [6, 6.07) is 107. The van der Waals surface area contributed by atoms with Crippen molar-refractivity contribution in [3.63, 3.8) is 0 Å². The summed E-state index contributed by atoms with van der Waals surface area (Å²) in [5, 5.41) is 14.9. The summed E-state index contributed by atoms with van der Waals surface area (Å²) in [6.45, 7) is 0. The maximum absolute atomic E-state index is 2.58. The molecule has 0 atom stereocenters. The molecule has 3 aliphatic rings. The van der Waals surface area contributed by atoms with Gasteiger partial charge in [-0.15, -0.1) is 0 Å². The van der Waals surface area contributed by atoms with Crippen LogP contribution < -0.4 is 4.90 Å². The van der Waals surface area contributed by atoms with Gasteiger partial charge in [-0.25, -0.2) is 0 Å². The van der Waals surface area contributed by atoms with Crippen LogP contribution in [0.5, 0.6) is 0 Å². The van der Waals surface area contributed by atoms with E-state index in [1.165, 1.54) is 165 Å². The molecule has 1 aliphatic heterocycles. The third kappa shape index (κ3) is 6.59. The largest absolute Gasteiger partial charge is 0.309 e. The van der Waals surface area contributed by atoms with Gasteiger partial charge in [0, 0.05) is 23.4 Å². The highest BCUT2D eigenvalue weighted by atomic mass is 15.2. The Balaban J connectivity index is 1.09. The van der Waals surface area contributed by atoms with Crippen LogP contribution in [-0.4, -0.2) is 0 Å². The minimum absolute atomic E-state index is 0.876.